The maximum Gasteiger partial charge on any atom is 0.225 e. The second kappa shape index (κ2) is 7.58. The largest absolute Gasteiger partial charge is 0.341 e. The standard InChI is InChI=1S/C15H23N5.C3H8/c1-4-17-14(18-5-1)20-6-2-13(3-7-20)8-19-11-15(12-19)9-16-10-15;1-3-2/h1,4-5,13,16H,2-3,6-12H2;3H2,1-2H3. The number of likely N-dealkylation sites (tertiary alicyclic amines) is 1. The first-order chi connectivity index (χ1) is 11.2. The van der Waals surface area contributed by atoms with Gasteiger partial charge in [-0.3, -0.25) is 0 Å². The Morgan fingerprint density at radius 2 is 1.74 bits per heavy atom. The Bertz CT molecular complexity index is 458. The molecule has 1 spiro atoms. The van der Waals surface area contributed by atoms with Gasteiger partial charge in [-0.25, -0.2) is 9.97 Å². The molecule has 5 heteroatoms. The van der Waals surface area contributed by atoms with Crippen LogP contribution in [-0.2, 0) is 0 Å². The number of nitrogens with zero attached hydrogens (tertiary/aromatic N) is 4. The third-order valence-electron chi connectivity index (χ3n) is 5.08. The van der Waals surface area contributed by atoms with Gasteiger partial charge in [0.25, 0.3) is 0 Å². The number of hydrogen-bond acceptors (Lipinski definition) is 5. The van der Waals surface area contributed by atoms with Crippen molar-refractivity contribution in [2.75, 3.05) is 50.7 Å². The fourth-order valence-corrected chi connectivity index (χ4v) is 3.87. The van der Waals surface area contributed by atoms with E-state index in [9.17, 15) is 0 Å². The van der Waals surface area contributed by atoms with Gasteiger partial charge in [0.05, 0.1) is 0 Å². The van der Waals surface area contributed by atoms with Crippen LogP contribution in [0.3, 0.4) is 0 Å². The van der Waals surface area contributed by atoms with Crippen LogP contribution in [0, 0.1) is 11.3 Å². The zero-order valence-corrected chi connectivity index (χ0v) is 14.7. The number of hydrogen-bond donors (Lipinski definition) is 1. The van der Waals surface area contributed by atoms with E-state index >= 15 is 0 Å². The molecule has 23 heavy (non-hydrogen) atoms. The van der Waals surface area contributed by atoms with Gasteiger partial charge in [-0.05, 0) is 24.8 Å². The Morgan fingerprint density at radius 3 is 2.26 bits per heavy atom. The highest BCUT2D eigenvalue weighted by Crippen LogP contribution is 2.35. The second-order valence-electron chi connectivity index (χ2n) is 7.46. The van der Waals surface area contributed by atoms with Crippen molar-refractivity contribution in [2.45, 2.75) is 33.1 Å². The predicted octanol–water partition coefficient (Wildman–Crippen LogP) is 2.01. The monoisotopic (exact) mass is 317 g/mol. The first-order valence-electron chi connectivity index (χ1n) is 9.20. The molecule has 0 radical (unpaired) electrons. The highest BCUT2D eigenvalue weighted by atomic mass is 15.3. The lowest BCUT2D eigenvalue weighted by Gasteiger charge is -2.57. The topological polar surface area (TPSA) is 44.3 Å². The zero-order chi connectivity index (χ0) is 16.1. The van der Waals surface area contributed by atoms with Crippen LogP contribution in [0.1, 0.15) is 33.1 Å². The molecule has 1 N–H and O–H groups in total. The van der Waals surface area contributed by atoms with E-state index in [0.29, 0.717) is 5.41 Å². The third-order valence-corrected chi connectivity index (χ3v) is 5.08. The first kappa shape index (κ1) is 16.7. The van der Waals surface area contributed by atoms with Gasteiger partial charge >= 0.3 is 0 Å². The SMILES string of the molecule is CCC.c1cnc(N2CCC(CN3CC4(CNC4)C3)CC2)nc1. The average Bonchev–Trinajstić information content (AvgIpc) is 2.51. The fourth-order valence-electron chi connectivity index (χ4n) is 3.87. The molecule has 4 heterocycles. The summed E-state index contributed by atoms with van der Waals surface area (Å²) >= 11 is 0. The van der Waals surface area contributed by atoms with E-state index < -0.39 is 0 Å². The maximum atomic E-state index is 4.35. The minimum atomic E-state index is 0.665. The van der Waals surface area contributed by atoms with Crippen LogP contribution in [0.25, 0.3) is 0 Å². The molecule has 1 aromatic rings. The molecule has 3 saturated heterocycles. The normalized spacial score (nSPS) is 23.7. The van der Waals surface area contributed by atoms with Gasteiger partial charge in [0.2, 0.25) is 5.95 Å². The van der Waals surface area contributed by atoms with Crippen molar-refractivity contribution < 1.29 is 0 Å². The van der Waals surface area contributed by atoms with Crippen LogP contribution in [0.2, 0.25) is 0 Å². The number of piperidine rings is 1. The molecule has 1 aromatic heterocycles. The molecule has 0 aliphatic carbocycles. The van der Waals surface area contributed by atoms with Gasteiger partial charge in [-0.1, -0.05) is 20.3 Å². The average molecular weight is 317 g/mol. The lowest BCUT2D eigenvalue weighted by Crippen LogP contribution is -2.71. The van der Waals surface area contributed by atoms with Gasteiger partial charge in [0, 0.05) is 63.6 Å². The molecule has 3 aliphatic rings. The Balaban J connectivity index is 0.000000485. The molecule has 4 rings (SSSR count). The van der Waals surface area contributed by atoms with Crippen LogP contribution in [0.15, 0.2) is 18.5 Å². The molecule has 0 aromatic carbocycles. The van der Waals surface area contributed by atoms with Crippen molar-refractivity contribution in [2.24, 2.45) is 11.3 Å². The fraction of sp³-hybridized carbons (Fsp3) is 0.778. The van der Waals surface area contributed by atoms with E-state index in [1.807, 2.05) is 18.5 Å². The highest BCUT2D eigenvalue weighted by molar-refractivity contribution is 5.28. The number of aromatic nitrogens is 2. The summed E-state index contributed by atoms with van der Waals surface area (Å²) < 4.78 is 0. The van der Waals surface area contributed by atoms with E-state index in [0.717, 1.165) is 25.0 Å². The number of anilines is 1. The Labute approximate surface area is 140 Å². The molecule has 0 bridgehead atoms. The summed E-state index contributed by atoms with van der Waals surface area (Å²) in [5, 5.41) is 3.40. The van der Waals surface area contributed by atoms with Gasteiger partial charge in [0.15, 0.2) is 0 Å². The highest BCUT2D eigenvalue weighted by Gasteiger charge is 2.47. The molecule has 3 aliphatic heterocycles. The van der Waals surface area contributed by atoms with Crippen LogP contribution < -0.4 is 10.2 Å². The van der Waals surface area contributed by atoms with E-state index in [1.54, 1.807) is 0 Å². The van der Waals surface area contributed by atoms with E-state index in [-0.39, 0.29) is 0 Å². The summed E-state index contributed by atoms with van der Waals surface area (Å²) in [6.07, 6.45) is 7.47. The van der Waals surface area contributed by atoms with Gasteiger partial charge in [0.1, 0.15) is 0 Å². The molecule has 0 amide bonds. The van der Waals surface area contributed by atoms with Crippen LogP contribution in [0.5, 0.6) is 0 Å². The Kier molecular flexibility index (Phi) is 5.49. The molecule has 0 atom stereocenters. The lowest BCUT2D eigenvalue weighted by atomic mass is 9.74. The molecule has 128 valence electrons. The lowest BCUT2D eigenvalue weighted by molar-refractivity contribution is -0.0485. The summed E-state index contributed by atoms with van der Waals surface area (Å²) in [5.41, 5.74) is 0.665. The molecular weight excluding hydrogens is 286 g/mol. The third kappa shape index (κ3) is 4.01. The van der Waals surface area contributed by atoms with Crippen LogP contribution in [0.4, 0.5) is 5.95 Å². The van der Waals surface area contributed by atoms with E-state index in [4.69, 9.17) is 0 Å². The minimum Gasteiger partial charge on any atom is -0.341 e. The Morgan fingerprint density at radius 1 is 1.13 bits per heavy atom. The van der Waals surface area contributed by atoms with E-state index in [2.05, 4.69) is 38.9 Å². The van der Waals surface area contributed by atoms with E-state index in [1.165, 1.54) is 52.0 Å². The van der Waals surface area contributed by atoms with Gasteiger partial charge in [-0.15, -0.1) is 0 Å². The van der Waals surface area contributed by atoms with Gasteiger partial charge < -0.3 is 15.1 Å². The van der Waals surface area contributed by atoms with Crippen molar-refractivity contribution in [3.05, 3.63) is 18.5 Å². The predicted molar refractivity (Wildman–Crippen MR) is 94.7 cm³/mol. The summed E-state index contributed by atoms with van der Waals surface area (Å²) in [6, 6.07) is 1.88. The summed E-state index contributed by atoms with van der Waals surface area (Å²) in [4.78, 5) is 13.7. The van der Waals surface area contributed by atoms with Crippen LogP contribution >= 0.6 is 0 Å². The van der Waals surface area contributed by atoms with Crippen LogP contribution in [-0.4, -0.2) is 60.7 Å². The van der Waals surface area contributed by atoms with Crippen molar-refractivity contribution in [1.29, 1.82) is 0 Å². The minimum absolute atomic E-state index is 0.665. The number of rotatable bonds is 3. The number of nitrogens with one attached hydrogen (secondary N) is 1. The van der Waals surface area contributed by atoms with Crippen molar-refractivity contribution in [3.8, 4) is 0 Å². The molecule has 5 nitrogen and oxygen atoms in total. The van der Waals surface area contributed by atoms with Crippen molar-refractivity contribution in [1.82, 2.24) is 20.2 Å². The second-order valence-corrected chi connectivity index (χ2v) is 7.46. The first-order valence-corrected chi connectivity index (χ1v) is 9.20. The summed E-state index contributed by atoms with van der Waals surface area (Å²) in [7, 11) is 0. The molecule has 0 unspecified atom stereocenters. The van der Waals surface area contributed by atoms with Crippen molar-refractivity contribution >= 4 is 5.95 Å². The smallest absolute Gasteiger partial charge is 0.225 e. The van der Waals surface area contributed by atoms with Crippen molar-refractivity contribution in [3.63, 3.8) is 0 Å². The van der Waals surface area contributed by atoms with Gasteiger partial charge in [-0.2, -0.15) is 0 Å². The summed E-state index contributed by atoms with van der Waals surface area (Å²) in [5.74, 6) is 1.76. The molecule has 0 saturated carbocycles. The maximum absolute atomic E-state index is 4.35. The zero-order valence-electron chi connectivity index (χ0n) is 14.7. The molecular formula is C18H31N5. The Hall–Kier alpha value is -1.20. The quantitative estimate of drug-likeness (QED) is 0.924. The summed E-state index contributed by atoms with van der Waals surface area (Å²) in [6.45, 7) is 12.9. The molecule has 3 fully saturated rings.